The van der Waals surface area contributed by atoms with E-state index in [1.165, 1.54) is 0 Å². The first-order valence-electron chi connectivity index (χ1n) is 5.53. The van der Waals surface area contributed by atoms with Crippen molar-refractivity contribution in [2.75, 3.05) is 0 Å². The molecule has 0 amide bonds. The zero-order valence-electron chi connectivity index (χ0n) is 10.4. The highest BCUT2D eigenvalue weighted by Crippen LogP contribution is 2.29. The topological polar surface area (TPSA) is 60.9 Å². The van der Waals surface area contributed by atoms with E-state index in [0.717, 1.165) is 23.2 Å². The molecule has 0 unspecified atom stereocenters. The van der Waals surface area contributed by atoms with Gasteiger partial charge in [-0.3, -0.25) is 4.79 Å². The second-order valence-corrected chi connectivity index (χ2v) is 3.99. The molecule has 5 nitrogen and oxygen atoms in total. The fraction of sp³-hybridized carbons (Fsp3) is 0.417. The third kappa shape index (κ3) is 1.67. The van der Waals surface area contributed by atoms with Gasteiger partial charge in [-0.25, -0.2) is 0 Å². The number of nitrogens with zero attached hydrogens (tertiary/aromatic N) is 3. The van der Waals surface area contributed by atoms with Gasteiger partial charge >= 0.3 is 0 Å². The van der Waals surface area contributed by atoms with Gasteiger partial charge in [-0.1, -0.05) is 6.92 Å². The van der Waals surface area contributed by atoms with Gasteiger partial charge < -0.3 is 8.98 Å². The molecular weight excluding hydrogens is 218 g/mol. The molecule has 0 aromatic carbocycles. The van der Waals surface area contributed by atoms with Crippen LogP contribution in [0.15, 0.2) is 4.42 Å². The highest BCUT2D eigenvalue weighted by molar-refractivity contribution is 5.88. The van der Waals surface area contributed by atoms with Crippen molar-refractivity contribution >= 4 is 6.29 Å². The van der Waals surface area contributed by atoms with Crippen LogP contribution in [0.2, 0.25) is 0 Å². The van der Waals surface area contributed by atoms with E-state index in [-0.39, 0.29) is 0 Å². The number of hydrogen-bond acceptors (Lipinski definition) is 4. The number of aromatic nitrogens is 3. The van der Waals surface area contributed by atoms with Gasteiger partial charge in [0.1, 0.15) is 0 Å². The van der Waals surface area contributed by atoms with Crippen LogP contribution >= 0.6 is 0 Å². The average molecular weight is 233 g/mol. The predicted molar refractivity (Wildman–Crippen MR) is 62.9 cm³/mol. The maximum Gasteiger partial charge on any atom is 0.250 e. The monoisotopic (exact) mass is 233 g/mol. The molecule has 0 aliphatic rings. The molecule has 2 aromatic rings. The third-order valence-corrected chi connectivity index (χ3v) is 3.13. The average Bonchev–Trinajstić information content (AvgIpc) is 2.88. The van der Waals surface area contributed by atoms with Gasteiger partial charge in [0.15, 0.2) is 6.29 Å². The van der Waals surface area contributed by atoms with Gasteiger partial charge in [-0.05, 0) is 13.8 Å². The lowest BCUT2D eigenvalue weighted by Gasteiger charge is -1.98. The van der Waals surface area contributed by atoms with Gasteiger partial charge in [0.2, 0.25) is 11.8 Å². The molecule has 0 bridgehead atoms. The third-order valence-electron chi connectivity index (χ3n) is 3.13. The Morgan fingerprint density at radius 3 is 2.53 bits per heavy atom. The molecule has 0 saturated heterocycles. The molecule has 0 aliphatic heterocycles. The summed E-state index contributed by atoms with van der Waals surface area (Å²) in [6.07, 6.45) is 1.53. The summed E-state index contributed by atoms with van der Waals surface area (Å²) in [6.45, 7) is 5.78. The number of rotatable bonds is 3. The maximum atomic E-state index is 11.2. The first-order valence-corrected chi connectivity index (χ1v) is 5.53. The van der Waals surface area contributed by atoms with Crippen molar-refractivity contribution in [3.63, 3.8) is 0 Å². The number of aryl methyl sites for hydroxylation is 1. The lowest BCUT2D eigenvalue weighted by molar-refractivity contribution is 0.112. The number of carbonyl (C=O) groups excluding carboxylic acids is 1. The van der Waals surface area contributed by atoms with Crippen LogP contribution < -0.4 is 0 Å². The predicted octanol–water partition coefficient (Wildman–Crippen LogP) is 2.07. The van der Waals surface area contributed by atoms with Crippen LogP contribution in [-0.2, 0) is 13.5 Å². The Balaban J connectivity index is 2.65. The zero-order chi connectivity index (χ0) is 12.6. The Labute approximate surface area is 99.5 Å². The number of aldehydes is 1. The lowest BCUT2D eigenvalue weighted by atomic mass is 10.1. The minimum absolute atomic E-state index is 0.421. The van der Waals surface area contributed by atoms with E-state index in [2.05, 4.69) is 10.2 Å². The van der Waals surface area contributed by atoms with E-state index in [4.69, 9.17) is 4.42 Å². The molecular formula is C12H15N3O2. The molecule has 5 heteroatoms. The summed E-state index contributed by atoms with van der Waals surface area (Å²) in [5.41, 5.74) is 3.23. The number of carbonyl (C=O) groups is 1. The molecule has 2 aromatic heterocycles. The van der Waals surface area contributed by atoms with Crippen LogP contribution in [0, 0.1) is 13.8 Å². The van der Waals surface area contributed by atoms with Gasteiger partial charge in [-0.2, -0.15) is 0 Å². The maximum absolute atomic E-state index is 11.2. The minimum Gasteiger partial charge on any atom is -0.421 e. The van der Waals surface area contributed by atoms with Crippen molar-refractivity contribution in [1.29, 1.82) is 0 Å². The largest absolute Gasteiger partial charge is 0.421 e. The van der Waals surface area contributed by atoms with Crippen molar-refractivity contribution in [2.24, 2.45) is 7.05 Å². The Hall–Kier alpha value is -1.91. The van der Waals surface area contributed by atoms with Crippen LogP contribution in [-0.4, -0.2) is 21.1 Å². The first-order chi connectivity index (χ1) is 8.10. The molecule has 0 N–H and O–H groups in total. The molecule has 0 radical (unpaired) electrons. The molecule has 2 heterocycles. The number of hydrogen-bond donors (Lipinski definition) is 0. The van der Waals surface area contributed by atoms with E-state index in [1.54, 1.807) is 0 Å². The zero-order valence-corrected chi connectivity index (χ0v) is 10.4. The summed E-state index contributed by atoms with van der Waals surface area (Å²) in [6, 6.07) is 0. The van der Waals surface area contributed by atoms with Crippen molar-refractivity contribution in [3.8, 4) is 11.5 Å². The highest BCUT2D eigenvalue weighted by atomic mass is 16.4. The summed E-state index contributed by atoms with van der Waals surface area (Å²) in [4.78, 5) is 11.2. The van der Waals surface area contributed by atoms with E-state index in [1.807, 2.05) is 32.4 Å². The van der Waals surface area contributed by atoms with Crippen molar-refractivity contribution < 1.29 is 9.21 Å². The second-order valence-electron chi connectivity index (χ2n) is 3.99. The highest BCUT2D eigenvalue weighted by Gasteiger charge is 2.21. The quantitative estimate of drug-likeness (QED) is 0.761. The lowest BCUT2D eigenvalue weighted by Crippen LogP contribution is -1.93. The molecule has 0 saturated carbocycles. The summed E-state index contributed by atoms with van der Waals surface area (Å²) in [7, 11) is 1.91. The SMILES string of the molecule is CCc1nnc(-c2c(C=O)c(C)n(C)c2C)o1. The summed E-state index contributed by atoms with van der Waals surface area (Å²) in [5, 5.41) is 7.92. The summed E-state index contributed by atoms with van der Waals surface area (Å²) >= 11 is 0. The second kappa shape index (κ2) is 4.16. The van der Waals surface area contributed by atoms with Crippen LogP contribution in [0.4, 0.5) is 0 Å². The fourth-order valence-corrected chi connectivity index (χ4v) is 1.89. The van der Waals surface area contributed by atoms with Crippen molar-refractivity contribution in [2.45, 2.75) is 27.2 Å². The Kier molecular flexibility index (Phi) is 2.83. The van der Waals surface area contributed by atoms with E-state index < -0.39 is 0 Å². The van der Waals surface area contributed by atoms with Crippen LogP contribution in [0.25, 0.3) is 11.5 Å². The summed E-state index contributed by atoms with van der Waals surface area (Å²) < 4.78 is 7.47. The molecule has 17 heavy (non-hydrogen) atoms. The van der Waals surface area contributed by atoms with Crippen LogP contribution in [0.5, 0.6) is 0 Å². The molecule has 0 aliphatic carbocycles. The standard InChI is InChI=1S/C12H15N3O2/c1-5-10-13-14-12(17-10)11-8(3)15(4)7(2)9(11)6-16/h6H,5H2,1-4H3. The van der Waals surface area contributed by atoms with E-state index >= 15 is 0 Å². The van der Waals surface area contributed by atoms with Gasteiger partial charge in [0.25, 0.3) is 0 Å². The van der Waals surface area contributed by atoms with Gasteiger partial charge in [0.05, 0.1) is 5.56 Å². The van der Waals surface area contributed by atoms with Crippen molar-refractivity contribution in [1.82, 2.24) is 14.8 Å². The van der Waals surface area contributed by atoms with E-state index in [0.29, 0.717) is 23.8 Å². The van der Waals surface area contributed by atoms with Crippen LogP contribution in [0.3, 0.4) is 0 Å². The Morgan fingerprint density at radius 2 is 2.00 bits per heavy atom. The molecule has 0 fully saturated rings. The Morgan fingerprint density at radius 1 is 1.29 bits per heavy atom. The molecule has 0 spiro atoms. The van der Waals surface area contributed by atoms with Crippen molar-refractivity contribution in [3.05, 3.63) is 22.8 Å². The Bertz CT molecular complexity index is 567. The van der Waals surface area contributed by atoms with Gasteiger partial charge in [-0.15, -0.1) is 10.2 Å². The summed E-state index contributed by atoms with van der Waals surface area (Å²) in [5.74, 6) is 1.00. The minimum atomic E-state index is 0.421. The molecule has 90 valence electrons. The smallest absolute Gasteiger partial charge is 0.250 e. The molecule has 2 rings (SSSR count). The van der Waals surface area contributed by atoms with E-state index in [9.17, 15) is 4.79 Å². The normalized spacial score (nSPS) is 10.8. The van der Waals surface area contributed by atoms with Crippen LogP contribution in [0.1, 0.15) is 34.6 Å². The fourth-order valence-electron chi connectivity index (χ4n) is 1.89. The first kappa shape index (κ1) is 11.6. The molecule has 0 atom stereocenters. The van der Waals surface area contributed by atoms with Gasteiger partial charge in [0, 0.05) is 30.4 Å².